The first kappa shape index (κ1) is 18.7. The highest BCUT2D eigenvalue weighted by molar-refractivity contribution is 6.05. The SMILES string of the molecule is COc1ccc([C@H]2[C@H](O)C(=O)N2c2cc(OC)c(OC)c(OC)c2)cc1O. The highest BCUT2D eigenvalue weighted by atomic mass is 16.5. The number of carbonyl (C=O) groups is 1. The number of carbonyl (C=O) groups excluding carboxylic acids is 1. The molecular weight excluding hydrogens is 354 g/mol. The summed E-state index contributed by atoms with van der Waals surface area (Å²) in [5, 5.41) is 20.3. The molecule has 1 saturated heterocycles. The molecular formula is C19H21NO7. The van der Waals surface area contributed by atoms with Crippen LogP contribution in [0.15, 0.2) is 30.3 Å². The van der Waals surface area contributed by atoms with E-state index in [1.54, 1.807) is 24.3 Å². The Hall–Kier alpha value is -3.13. The number of ether oxygens (including phenoxy) is 4. The van der Waals surface area contributed by atoms with Gasteiger partial charge in [-0.1, -0.05) is 6.07 Å². The lowest BCUT2D eigenvalue weighted by Gasteiger charge is -2.44. The largest absolute Gasteiger partial charge is 0.504 e. The van der Waals surface area contributed by atoms with Crippen molar-refractivity contribution in [1.29, 1.82) is 0 Å². The van der Waals surface area contributed by atoms with E-state index in [1.807, 2.05) is 0 Å². The molecule has 2 aromatic rings. The fraction of sp³-hybridized carbons (Fsp3) is 0.316. The standard InChI is InChI=1S/C19H21NO7/c1-24-13-6-5-10(7-12(13)21)16-17(22)19(23)20(16)11-8-14(25-2)18(27-4)15(9-11)26-3/h5-9,16-17,21-22H,1-4H3/t16-,17-/m0/s1. The maximum Gasteiger partial charge on any atom is 0.259 e. The number of aliphatic hydroxyl groups excluding tert-OH is 1. The molecule has 1 aliphatic heterocycles. The number of aliphatic hydroxyl groups is 1. The van der Waals surface area contributed by atoms with Gasteiger partial charge in [-0.3, -0.25) is 9.69 Å². The molecule has 1 amide bonds. The number of hydrogen-bond acceptors (Lipinski definition) is 7. The van der Waals surface area contributed by atoms with Crippen molar-refractivity contribution < 1.29 is 34.0 Å². The van der Waals surface area contributed by atoms with Crippen LogP contribution in [0, 0.1) is 0 Å². The highest BCUT2D eigenvalue weighted by Crippen LogP contribution is 2.47. The number of nitrogens with zero attached hydrogens (tertiary/aromatic N) is 1. The lowest BCUT2D eigenvalue weighted by molar-refractivity contribution is -0.137. The summed E-state index contributed by atoms with van der Waals surface area (Å²) in [6.45, 7) is 0. The third-order valence-electron chi connectivity index (χ3n) is 4.54. The summed E-state index contributed by atoms with van der Waals surface area (Å²) in [4.78, 5) is 13.8. The summed E-state index contributed by atoms with van der Waals surface area (Å²) < 4.78 is 21.0. The van der Waals surface area contributed by atoms with Crippen LogP contribution in [-0.2, 0) is 4.79 Å². The highest BCUT2D eigenvalue weighted by Gasteiger charge is 2.48. The van der Waals surface area contributed by atoms with E-state index in [4.69, 9.17) is 18.9 Å². The van der Waals surface area contributed by atoms with Gasteiger partial charge in [0.15, 0.2) is 29.1 Å². The number of β-lactam (4-membered cyclic amide) rings is 1. The third-order valence-corrected chi connectivity index (χ3v) is 4.54. The summed E-state index contributed by atoms with van der Waals surface area (Å²) in [5.41, 5.74) is 1.04. The minimum atomic E-state index is -1.23. The van der Waals surface area contributed by atoms with Crippen molar-refractivity contribution in [1.82, 2.24) is 0 Å². The fourth-order valence-electron chi connectivity index (χ4n) is 3.19. The van der Waals surface area contributed by atoms with Crippen molar-refractivity contribution in [2.24, 2.45) is 0 Å². The van der Waals surface area contributed by atoms with Crippen LogP contribution in [0.3, 0.4) is 0 Å². The van der Waals surface area contributed by atoms with Gasteiger partial charge in [-0.15, -0.1) is 0 Å². The number of aromatic hydroxyl groups is 1. The van der Waals surface area contributed by atoms with Gasteiger partial charge in [0.2, 0.25) is 5.75 Å². The molecule has 3 rings (SSSR count). The molecule has 0 spiro atoms. The molecule has 2 atom stereocenters. The zero-order valence-electron chi connectivity index (χ0n) is 15.4. The van der Waals surface area contributed by atoms with Crippen molar-refractivity contribution in [2.75, 3.05) is 33.3 Å². The number of anilines is 1. The molecule has 2 N–H and O–H groups in total. The first-order valence-corrected chi connectivity index (χ1v) is 8.14. The van der Waals surface area contributed by atoms with Crippen molar-refractivity contribution in [3.63, 3.8) is 0 Å². The molecule has 8 heteroatoms. The van der Waals surface area contributed by atoms with E-state index in [0.29, 0.717) is 34.2 Å². The van der Waals surface area contributed by atoms with Gasteiger partial charge in [0, 0.05) is 12.1 Å². The summed E-state index contributed by atoms with van der Waals surface area (Å²) in [6, 6.07) is 7.31. The lowest BCUT2D eigenvalue weighted by atomic mass is 9.89. The Kier molecular flexibility index (Phi) is 5.00. The summed E-state index contributed by atoms with van der Waals surface area (Å²) in [7, 11) is 5.89. The Morgan fingerprint density at radius 2 is 1.48 bits per heavy atom. The van der Waals surface area contributed by atoms with E-state index in [1.165, 1.54) is 39.4 Å². The number of hydrogen-bond donors (Lipinski definition) is 2. The van der Waals surface area contributed by atoms with Gasteiger partial charge in [0.1, 0.15) is 0 Å². The minimum absolute atomic E-state index is 0.0774. The quantitative estimate of drug-likeness (QED) is 0.744. The van der Waals surface area contributed by atoms with Crippen LogP contribution < -0.4 is 23.8 Å². The molecule has 1 fully saturated rings. The molecule has 8 nitrogen and oxygen atoms in total. The number of benzene rings is 2. The third kappa shape index (κ3) is 2.97. The number of phenolic OH excluding ortho intramolecular Hbond substituents is 1. The van der Waals surface area contributed by atoms with Crippen LogP contribution in [0.2, 0.25) is 0 Å². The van der Waals surface area contributed by atoms with Gasteiger partial charge < -0.3 is 29.2 Å². The molecule has 0 radical (unpaired) electrons. The number of amides is 1. The maximum absolute atomic E-state index is 12.4. The van der Waals surface area contributed by atoms with Gasteiger partial charge >= 0.3 is 0 Å². The van der Waals surface area contributed by atoms with Gasteiger partial charge in [0.05, 0.1) is 40.2 Å². The molecule has 1 aliphatic rings. The van der Waals surface area contributed by atoms with Gasteiger partial charge in [-0.25, -0.2) is 0 Å². The van der Waals surface area contributed by atoms with Crippen LogP contribution in [0.4, 0.5) is 5.69 Å². The topological polar surface area (TPSA) is 97.7 Å². The first-order chi connectivity index (χ1) is 13.0. The van der Waals surface area contributed by atoms with Crippen molar-refractivity contribution in [3.8, 4) is 28.7 Å². The average molecular weight is 375 g/mol. The molecule has 0 saturated carbocycles. The predicted octanol–water partition coefficient (Wildman–Crippen LogP) is 1.88. The molecule has 0 aliphatic carbocycles. The molecule has 2 aromatic carbocycles. The van der Waals surface area contributed by atoms with Crippen molar-refractivity contribution in [2.45, 2.75) is 12.1 Å². The monoisotopic (exact) mass is 375 g/mol. The second kappa shape index (κ2) is 7.24. The van der Waals surface area contributed by atoms with Gasteiger partial charge in [0.25, 0.3) is 5.91 Å². The van der Waals surface area contributed by atoms with Crippen molar-refractivity contribution in [3.05, 3.63) is 35.9 Å². The van der Waals surface area contributed by atoms with Gasteiger partial charge in [-0.2, -0.15) is 0 Å². The number of methoxy groups -OCH3 is 4. The Morgan fingerprint density at radius 3 is 1.96 bits per heavy atom. The van der Waals surface area contributed by atoms with Crippen LogP contribution in [0.1, 0.15) is 11.6 Å². The zero-order chi connectivity index (χ0) is 19.7. The maximum atomic E-state index is 12.4. The Bertz CT molecular complexity index is 842. The van der Waals surface area contributed by atoms with E-state index in [-0.39, 0.29) is 5.75 Å². The number of rotatable bonds is 6. The van der Waals surface area contributed by atoms with E-state index in [2.05, 4.69) is 0 Å². The Morgan fingerprint density at radius 1 is 0.889 bits per heavy atom. The fourth-order valence-corrected chi connectivity index (χ4v) is 3.19. The zero-order valence-corrected chi connectivity index (χ0v) is 15.4. The lowest BCUT2D eigenvalue weighted by Crippen LogP contribution is -2.59. The second-order valence-electron chi connectivity index (χ2n) is 5.91. The Labute approximate surface area is 156 Å². The first-order valence-electron chi connectivity index (χ1n) is 8.14. The molecule has 0 unspecified atom stereocenters. The van der Waals surface area contributed by atoms with E-state index >= 15 is 0 Å². The average Bonchev–Trinajstić information content (AvgIpc) is 2.69. The normalized spacial score (nSPS) is 18.7. The summed E-state index contributed by atoms with van der Waals surface area (Å²) >= 11 is 0. The van der Waals surface area contributed by atoms with Crippen molar-refractivity contribution >= 4 is 11.6 Å². The second-order valence-corrected chi connectivity index (χ2v) is 5.91. The summed E-state index contributed by atoms with van der Waals surface area (Å²) in [6.07, 6.45) is -1.23. The summed E-state index contributed by atoms with van der Waals surface area (Å²) in [5.74, 6) is 0.930. The Balaban J connectivity index is 2.05. The van der Waals surface area contributed by atoms with Crippen LogP contribution in [0.5, 0.6) is 28.7 Å². The van der Waals surface area contributed by atoms with Gasteiger partial charge in [-0.05, 0) is 17.7 Å². The van der Waals surface area contributed by atoms with E-state index in [0.717, 1.165) is 0 Å². The molecule has 27 heavy (non-hydrogen) atoms. The van der Waals surface area contributed by atoms with E-state index in [9.17, 15) is 15.0 Å². The molecule has 0 bridgehead atoms. The predicted molar refractivity (Wildman–Crippen MR) is 97.0 cm³/mol. The van der Waals surface area contributed by atoms with Crippen LogP contribution in [0.25, 0.3) is 0 Å². The molecule has 144 valence electrons. The molecule has 1 heterocycles. The van der Waals surface area contributed by atoms with E-state index < -0.39 is 18.1 Å². The number of phenols is 1. The minimum Gasteiger partial charge on any atom is -0.504 e. The van der Waals surface area contributed by atoms with Crippen LogP contribution >= 0.6 is 0 Å². The smallest absolute Gasteiger partial charge is 0.259 e. The molecule has 0 aromatic heterocycles. The van der Waals surface area contributed by atoms with Crippen LogP contribution in [-0.4, -0.2) is 50.7 Å².